The highest BCUT2D eigenvalue weighted by molar-refractivity contribution is 5.43. The quantitative estimate of drug-likeness (QED) is 0.902. The van der Waals surface area contributed by atoms with Crippen LogP contribution in [0.3, 0.4) is 0 Å². The second-order valence-electron chi connectivity index (χ2n) is 4.57. The third kappa shape index (κ3) is 3.95. The third-order valence-electron chi connectivity index (χ3n) is 2.53. The van der Waals surface area contributed by atoms with E-state index in [9.17, 15) is 0 Å². The second kappa shape index (κ2) is 6.53. The average molecular weight is 268 g/mol. The zero-order chi connectivity index (χ0) is 14.4. The van der Waals surface area contributed by atoms with Crippen molar-refractivity contribution in [2.24, 2.45) is 0 Å². The van der Waals surface area contributed by atoms with Crippen LogP contribution in [-0.4, -0.2) is 16.1 Å². The van der Waals surface area contributed by atoms with E-state index in [-0.39, 0.29) is 6.10 Å². The van der Waals surface area contributed by atoms with Crippen LogP contribution in [0.4, 0.5) is 5.69 Å². The number of nitrogens with zero attached hydrogens (tertiary/aromatic N) is 3. The number of ether oxygens (including phenoxy) is 1. The summed E-state index contributed by atoms with van der Waals surface area (Å²) in [5, 5.41) is 11.9. The Bertz CT molecular complexity index is 602. The van der Waals surface area contributed by atoms with Crippen LogP contribution in [0.2, 0.25) is 0 Å². The minimum Gasteiger partial charge on any atom is -0.475 e. The molecule has 0 aromatic carbocycles. The van der Waals surface area contributed by atoms with Crippen LogP contribution in [0.25, 0.3) is 0 Å². The lowest BCUT2D eigenvalue weighted by molar-refractivity contribution is 0.232. The van der Waals surface area contributed by atoms with Crippen LogP contribution in [0, 0.1) is 11.3 Å². The van der Waals surface area contributed by atoms with E-state index >= 15 is 0 Å². The highest BCUT2D eigenvalue weighted by Gasteiger charge is 2.01. The standard InChI is InChI=1S/C15H16N4O/c1-11(2)20-15-7-12(5-6-17-15)9-18-14-4-3-13(8-16)19-10-14/h3-7,10-11,18H,9H2,1-2H3. The largest absolute Gasteiger partial charge is 0.475 e. The van der Waals surface area contributed by atoms with Crippen LogP contribution in [0.5, 0.6) is 5.88 Å². The van der Waals surface area contributed by atoms with Gasteiger partial charge in [-0.05, 0) is 37.6 Å². The van der Waals surface area contributed by atoms with Gasteiger partial charge in [0.2, 0.25) is 5.88 Å². The van der Waals surface area contributed by atoms with Crippen molar-refractivity contribution in [2.75, 3.05) is 5.32 Å². The molecule has 0 radical (unpaired) electrons. The van der Waals surface area contributed by atoms with E-state index in [1.54, 1.807) is 18.5 Å². The molecule has 0 aliphatic carbocycles. The van der Waals surface area contributed by atoms with Crippen LogP contribution >= 0.6 is 0 Å². The molecule has 2 heterocycles. The van der Waals surface area contributed by atoms with Crippen molar-refractivity contribution in [2.45, 2.75) is 26.5 Å². The van der Waals surface area contributed by atoms with Gasteiger partial charge in [0, 0.05) is 18.8 Å². The maximum absolute atomic E-state index is 8.69. The minimum absolute atomic E-state index is 0.105. The molecule has 0 bridgehead atoms. The number of rotatable bonds is 5. The van der Waals surface area contributed by atoms with E-state index < -0.39 is 0 Å². The number of pyridine rings is 2. The van der Waals surface area contributed by atoms with Crippen LogP contribution < -0.4 is 10.1 Å². The molecular formula is C15H16N4O. The van der Waals surface area contributed by atoms with Crippen LogP contribution in [0.1, 0.15) is 25.1 Å². The van der Waals surface area contributed by atoms with Crippen molar-refractivity contribution in [3.8, 4) is 11.9 Å². The summed E-state index contributed by atoms with van der Waals surface area (Å²) >= 11 is 0. The second-order valence-corrected chi connectivity index (χ2v) is 4.57. The topological polar surface area (TPSA) is 70.8 Å². The van der Waals surface area contributed by atoms with E-state index in [0.29, 0.717) is 18.1 Å². The Hall–Kier alpha value is -2.61. The van der Waals surface area contributed by atoms with Gasteiger partial charge in [0.15, 0.2) is 0 Å². The number of anilines is 1. The molecular weight excluding hydrogens is 252 g/mol. The van der Waals surface area contributed by atoms with Gasteiger partial charge in [-0.3, -0.25) is 0 Å². The highest BCUT2D eigenvalue weighted by atomic mass is 16.5. The van der Waals surface area contributed by atoms with Gasteiger partial charge in [-0.15, -0.1) is 0 Å². The van der Waals surface area contributed by atoms with E-state index in [1.807, 2.05) is 38.1 Å². The number of hydrogen-bond acceptors (Lipinski definition) is 5. The predicted octanol–water partition coefficient (Wildman–Crippen LogP) is 2.75. The van der Waals surface area contributed by atoms with E-state index in [2.05, 4.69) is 15.3 Å². The predicted molar refractivity (Wildman–Crippen MR) is 76.3 cm³/mol. The number of nitrogens with one attached hydrogen (secondary N) is 1. The molecule has 2 aromatic rings. The van der Waals surface area contributed by atoms with Crippen LogP contribution in [-0.2, 0) is 6.54 Å². The van der Waals surface area contributed by atoms with Gasteiger partial charge in [0.25, 0.3) is 0 Å². The molecule has 2 aromatic heterocycles. The van der Waals surface area contributed by atoms with Gasteiger partial charge in [-0.25, -0.2) is 9.97 Å². The monoisotopic (exact) mass is 268 g/mol. The molecule has 0 atom stereocenters. The maximum atomic E-state index is 8.69. The Morgan fingerprint density at radius 2 is 2.15 bits per heavy atom. The molecule has 0 fully saturated rings. The van der Waals surface area contributed by atoms with Gasteiger partial charge < -0.3 is 10.1 Å². The fourth-order valence-corrected chi connectivity index (χ4v) is 1.64. The molecule has 0 unspecified atom stereocenters. The first-order valence-electron chi connectivity index (χ1n) is 6.39. The lowest BCUT2D eigenvalue weighted by atomic mass is 10.2. The summed E-state index contributed by atoms with van der Waals surface area (Å²) < 4.78 is 5.55. The summed E-state index contributed by atoms with van der Waals surface area (Å²) in [6, 6.07) is 9.34. The lowest BCUT2D eigenvalue weighted by Gasteiger charge is -2.10. The fourth-order valence-electron chi connectivity index (χ4n) is 1.64. The van der Waals surface area contributed by atoms with E-state index in [1.165, 1.54) is 0 Å². The minimum atomic E-state index is 0.105. The normalized spacial score (nSPS) is 10.1. The summed E-state index contributed by atoms with van der Waals surface area (Å²) in [5.74, 6) is 0.622. The van der Waals surface area contributed by atoms with Gasteiger partial charge in [0.1, 0.15) is 11.8 Å². The summed E-state index contributed by atoms with van der Waals surface area (Å²) in [6.07, 6.45) is 3.48. The van der Waals surface area contributed by atoms with Crippen molar-refractivity contribution in [1.82, 2.24) is 9.97 Å². The van der Waals surface area contributed by atoms with Gasteiger partial charge >= 0.3 is 0 Å². The van der Waals surface area contributed by atoms with Gasteiger partial charge in [0.05, 0.1) is 18.0 Å². The molecule has 2 rings (SSSR count). The van der Waals surface area contributed by atoms with Crippen molar-refractivity contribution < 1.29 is 4.74 Å². The zero-order valence-corrected chi connectivity index (χ0v) is 11.5. The van der Waals surface area contributed by atoms with E-state index in [0.717, 1.165) is 11.3 Å². The number of nitriles is 1. The Labute approximate surface area is 118 Å². The SMILES string of the molecule is CC(C)Oc1cc(CNc2ccc(C#N)nc2)ccn1. The van der Waals surface area contributed by atoms with Crippen molar-refractivity contribution in [1.29, 1.82) is 5.26 Å². The average Bonchev–Trinajstić information content (AvgIpc) is 2.45. The molecule has 0 saturated heterocycles. The molecule has 5 heteroatoms. The van der Waals surface area contributed by atoms with Crippen molar-refractivity contribution in [3.05, 3.63) is 47.9 Å². The van der Waals surface area contributed by atoms with Gasteiger partial charge in [-0.2, -0.15) is 5.26 Å². The highest BCUT2D eigenvalue weighted by Crippen LogP contribution is 2.13. The molecule has 102 valence electrons. The molecule has 0 aliphatic rings. The van der Waals surface area contributed by atoms with Crippen molar-refractivity contribution in [3.63, 3.8) is 0 Å². The molecule has 0 saturated carbocycles. The number of hydrogen-bond donors (Lipinski definition) is 1. The smallest absolute Gasteiger partial charge is 0.213 e. The van der Waals surface area contributed by atoms with E-state index in [4.69, 9.17) is 10.00 Å². The van der Waals surface area contributed by atoms with Crippen molar-refractivity contribution >= 4 is 5.69 Å². The first-order chi connectivity index (χ1) is 9.67. The van der Waals surface area contributed by atoms with Gasteiger partial charge in [-0.1, -0.05) is 0 Å². The Balaban J connectivity index is 1.97. The summed E-state index contributed by atoms with van der Waals surface area (Å²) in [5.41, 5.74) is 2.35. The zero-order valence-electron chi connectivity index (χ0n) is 11.5. The molecule has 0 aliphatic heterocycles. The first-order valence-corrected chi connectivity index (χ1v) is 6.39. The summed E-state index contributed by atoms with van der Waals surface area (Å²) in [6.45, 7) is 4.58. The first kappa shape index (κ1) is 13.8. The Kier molecular flexibility index (Phi) is 4.51. The Morgan fingerprint density at radius 3 is 2.80 bits per heavy atom. The molecule has 0 amide bonds. The third-order valence-corrected chi connectivity index (χ3v) is 2.53. The lowest BCUT2D eigenvalue weighted by Crippen LogP contribution is -2.07. The summed E-state index contributed by atoms with van der Waals surface area (Å²) in [7, 11) is 0. The maximum Gasteiger partial charge on any atom is 0.213 e. The number of aromatic nitrogens is 2. The fraction of sp³-hybridized carbons (Fsp3) is 0.267. The van der Waals surface area contributed by atoms with Crippen LogP contribution in [0.15, 0.2) is 36.7 Å². The summed E-state index contributed by atoms with van der Waals surface area (Å²) in [4.78, 5) is 8.16. The molecule has 1 N–H and O–H groups in total. The molecule has 5 nitrogen and oxygen atoms in total. The molecule has 20 heavy (non-hydrogen) atoms. The molecule has 0 spiro atoms. The Morgan fingerprint density at radius 1 is 1.30 bits per heavy atom.